The highest BCUT2D eigenvalue weighted by atomic mass is 16.5. The molecule has 164 valence electrons. The molecule has 0 unspecified atom stereocenters. The molecule has 7 nitrogen and oxygen atoms in total. The van der Waals surface area contributed by atoms with Gasteiger partial charge in [0.05, 0.1) is 45.7 Å². The Bertz CT molecular complexity index is 1110. The molecule has 0 fully saturated rings. The molecular formula is C25H25N3O4. The van der Waals surface area contributed by atoms with E-state index in [9.17, 15) is 0 Å². The van der Waals surface area contributed by atoms with Gasteiger partial charge in [0.25, 0.3) is 0 Å². The van der Waals surface area contributed by atoms with Crippen molar-refractivity contribution < 1.29 is 18.9 Å². The Labute approximate surface area is 187 Å². The van der Waals surface area contributed by atoms with Crippen molar-refractivity contribution in [3.8, 4) is 29.1 Å². The van der Waals surface area contributed by atoms with E-state index in [1.54, 1.807) is 39.7 Å². The van der Waals surface area contributed by atoms with Crippen molar-refractivity contribution in [1.29, 1.82) is 5.26 Å². The number of ether oxygens (including phenoxy) is 4. The molecule has 0 saturated heterocycles. The van der Waals surface area contributed by atoms with Crippen molar-refractivity contribution in [2.75, 3.05) is 21.3 Å². The average molecular weight is 431 g/mol. The van der Waals surface area contributed by atoms with Gasteiger partial charge in [-0.05, 0) is 59.2 Å². The second kappa shape index (κ2) is 11.3. The molecule has 0 aliphatic heterocycles. The van der Waals surface area contributed by atoms with Gasteiger partial charge in [-0.2, -0.15) is 10.4 Å². The van der Waals surface area contributed by atoms with E-state index in [-0.39, 0.29) is 0 Å². The number of hydrogen-bond acceptors (Lipinski definition) is 7. The zero-order valence-corrected chi connectivity index (χ0v) is 18.3. The lowest BCUT2D eigenvalue weighted by Gasteiger charge is -2.11. The number of benzene rings is 3. The summed E-state index contributed by atoms with van der Waals surface area (Å²) in [6, 6.07) is 20.7. The molecule has 3 aromatic carbocycles. The molecule has 0 radical (unpaired) electrons. The SMILES string of the molecule is COc1ccc(CN/N=C\c2ccc(OCc3ccc(C#N)cc3)c(OC)c2)cc1OC. The van der Waals surface area contributed by atoms with Crippen molar-refractivity contribution in [1.82, 2.24) is 5.43 Å². The summed E-state index contributed by atoms with van der Waals surface area (Å²) < 4.78 is 21.9. The second-order valence-corrected chi connectivity index (χ2v) is 6.79. The summed E-state index contributed by atoms with van der Waals surface area (Å²) in [7, 11) is 4.82. The van der Waals surface area contributed by atoms with E-state index in [1.807, 2.05) is 48.5 Å². The molecule has 7 heteroatoms. The van der Waals surface area contributed by atoms with Crippen LogP contribution in [0.4, 0.5) is 0 Å². The molecule has 0 aromatic heterocycles. The lowest BCUT2D eigenvalue weighted by Crippen LogP contribution is -2.06. The first-order valence-corrected chi connectivity index (χ1v) is 9.93. The lowest BCUT2D eigenvalue weighted by atomic mass is 10.1. The molecule has 0 amide bonds. The third kappa shape index (κ3) is 5.92. The van der Waals surface area contributed by atoms with Crippen LogP contribution >= 0.6 is 0 Å². The third-order valence-electron chi connectivity index (χ3n) is 4.70. The Hall–Kier alpha value is -4.18. The largest absolute Gasteiger partial charge is 0.493 e. The average Bonchev–Trinajstić information content (AvgIpc) is 2.85. The smallest absolute Gasteiger partial charge is 0.161 e. The van der Waals surface area contributed by atoms with Crippen LogP contribution in [0.2, 0.25) is 0 Å². The van der Waals surface area contributed by atoms with Crippen LogP contribution in [0.1, 0.15) is 22.3 Å². The predicted molar refractivity (Wildman–Crippen MR) is 122 cm³/mol. The normalized spacial score (nSPS) is 10.4. The number of nitriles is 1. The Balaban J connectivity index is 1.57. The fourth-order valence-electron chi connectivity index (χ4n) is 2.97. The molecule has 0 aliphatic rings. The number of nitrogens with one attached hydrogen (secondary N) is 1. The van der Waals surface area contributed by atoms with Crippen LogP contribution in [0, 0.1) is 11.3 Å². The van der Waals surface area contributed by atoms with E-state index >= 15 is 0 Å². The summed E-state index contributed by atoms with van der Waals surface area (Å²) in [6.07, 6.45) is 1.72. The minimum absolute atomic E-state index is 0.377. The van der Waals surface area contributed by atoms with Gasteiger partial charge < -0.3 is 24.4 Å². The van der Waals surface area contributed by atoms with Gasteiger partial charge in [-0.3, -0.25) is 0 Å². The zero-order valence-electron chi connectivity index (χ0n) is 18.3. The van der Waals surface area contributed by atoms with Gasteiger partial charge in [-0.25, -0.2) is 0 Å². The Kier molecular flexibility index (Phi) is 7.93. The zero-order chi connectivity index (χ0) is 22.8. The van der Waals surface area contributed by atoms with Crippen LogP contribution in [0.3, 0.4) is 0 Å². The molecule has 0 heterocycles. The fourth-order valence-corrected chi connectivity index (χ4v) is 2.97. The van der Waals surface area contributed by atoms with Crippen LogP contribution in [0.25, 0.3) is 0 Å². The van der Waals surface area contributed by atoms with Crippen molar-refractivity contribution in [2.45, 2.75) is 13.2 Å². The highest BCUT2D eigenvalue weighted by molar-refractivity contribution is 5.80. The Morgan fingerprint density at radius 3 is 2.16 bits per heavy atom. The molecule has 0 bridgehead atoms. The number of rotatable bonds is 10. The van der Waals surface area contributed by atoms with E-state index in [1.165, 1.54) is 0 Å². The van der Waals surface area contributed by atoms with Crippen molar-refractivity contribution in [2.24, 2.45) is 5.10 Å². The summed E-state index contributed by atoms with van der Waals surface area (Å²) in [5, 5.41) is 13.2. The van der Waals surface area contributed by atoms with Gasteiger partial charge >= 0.3 is 0 Å². The van der Waals surface area contributed by atoms with Crippen molar-refractivity contribution >= 4 is 6.21 Å². The summed E-state index contributed by atoms with van der Waals surface area (Å²) >= 11 is 0. The number of hydrazone groups is 1. The first-order chi connectivity index (χ1) is 15.7. The van der Waals surface area contributed by atoms with Gasteiger partial charge in [0.1, 0.15) is 6.61 Å². The van der Waals surface area contributed by atoms with Gasteiger partial charge in [0.2, 0.25) is 0 Å². The van der Waals surface area contributed by atoms with Crippen molar-refractivity contribution in [3.63, 3.8) is 0 Å². The van der Waals surface area contributed by atoms with Crippen LogP contribution in [0.5, 0.6) is 23.0 Å². The molecule has 0 atom stereocenters. The first kappa shape index (κ1) is 22.5. The standard InChI is InChI=1S/C25H25N3O4/c1-29-22-10-8-20(12-24(22)30-2)15-27-28-16-21-9-11-23(25(13-21)31-3)32-17-19-6-4-18(14-26)5-7-19/h4-13,16,27H,15,17H2,1-3H3/b28-16-. The molecule has 0 saturated carbocycles. The van der Waals surface area contributed by atoms with Crippen LogP contribution in [-0.4, -0.2) is 27.5 Å². The summed E-state index contributed by atoms with van der Waals surface area (Å²) in [6.45, 7) is 0.919. The van der Waals surface area contributed by atoms with Gasteiger partial charge in [-0.15, -0.1) is 0 Å². The maximum Gasteiger partial charge on any atom is 0.161 e. The maximum absolute atomic E-state index is 8.88. The fraction of sp³-hybridized carbons (Fsp3) is 0.200. The van der Waals surface area contributed by atoms with E-state index in [2.05, 4.69) is 16.6 Å². The summed E-state index contributed by atoms with van der Waals surface area (Å²) in [5.41, 5.74) is 6.50. The molecular weight excluding hydrogens is 406 g/mol. The van der Waals surface area contributed by atoms with E-state index < -0.39 is 0 Å². The van der Waals surface area contributed by atoms with Crippen LogP contribution in [-0.2, 0) is 13.2 Å². The molecule has 0 spiro atoms. The molecule has 3 rings (SSSR count). The predicted octanol–water partition coefficient (Wildman–Crippen LogP) is 4.29. The molecule has 3 aromatic rings. The topological polar surface area (TPSA) is 85.1 Å². The number of nitrogens with zero attached hydrogens (tertiary/aromatic N) is 2. The first-order valence-electron chi connectivity index (χ1n) is 9.93. The second-order valence-electron chi connectivity index (χ2n) is 6.79. The molecule has 0 aliphatic carbocycles. The van der Waals surface area contributed by atoms with E-state index in [0.29, 0.717) is 41.7 Å². The van der Waals surface area contributed by atoms with Crippen LogP contribution in [0.15, 0.2) is 65.8 Å². The lowest BCUT2D eigenvalue weighted by molar-refractivity contribution is 0.284. The maximum atomic E-state index is 8.88. The number of hydrogen-bond donors (Lipinski definition) is 1. The number of methoxy groups -OCH3 is 3. The Morgan fingerprint density at radius 2 is 1.47 bits per heavy atom. The minimum atomic E-state index is 0.377. The Morgan fingerprint density at radius 1 is 0.812 bits per heavy atom. The monoisotopic (exact) mass is 431 g/mol. The van der Waals surface area contributed by atoms with Gasteiger partial charge in [-0.1, -0.05) is 18.2 Å². The third-order valence-corrected chi connectivity index (χ3v) is 4.70. The quantitative estimate of drug-likeness (QED) is 0.381. The van der Waals surface area contributed by atoms with E-state index in [4.69, 9.17) is 24.2 Å². The highest BCUT2D eigenvalue weighted by Crippen LogP contribution is 2.29. The molecule has 32 heavy (non-hydrogen) atoms. The van der Waals surface area contributed by atoms with Crippen molar-refractivity contribution in [3.05, 3.63) is 82.9 Å². The van der Waals surface area contributed by atoms with E-state index in [0.717, 1.165) is 16.7 Å². The summed E-state index contributed by atoms with van der Waals surface area (Å²) in [4.78, 5) is 0. The van der Waals surface area contributed by atoms with Gasteiger partial charge in [0.15, 0.2) is 23.0 Å². The van der Waals surface area contributed by atoms with Gasteiger partial charge in [0, 0.05) is 0 Å². The molecule has 1 N–H and O–H groups in total. The van der Waals surface area contributed by atoms with Crippen LogP contribution < -0.4 is 24.4 Å². The minimum Gasteiger partial charge on any atom is -0.493 e. The highest BCUT2D eigenvalue weighted by Gasteiger charge is 2.06. The summed E-state index contributed by atoms with van der Waals surface area (Å²) in [5.74, 6) is 2.61.